The molecule has 0 saturated carbocycles. The molecule has 2 rings (SSSR count). The fourth-order valence-electron chi connectivity index (χ4n) is 1.89. The van der Waals surface area contributed by atoms with Gasteiger partial charge in [0.15, 0.2) is 0 Å². The highest BCUT2D eigenvalue weighted by atomic mass is 35.5. The highest BCUT2D eigenvalue weighted by Gasteiger charge is 2.02. The van der Waals surface area contributed by atoms with Crippen molar-refractivity contribution >= 4 is 22.9 Å². The quantitative estimate of drug-likeness (QED) is 0.578. The van der Waals surface area contributed by atoms with E-state index >= 15 is 0 Å². The van der Waals surface area contributed by atoms with Crippen molar-refractivity contribution in [2.45, 2.75) is 32.6 Å². The molecule has 0 fully saturated rings. The second-order valence-electron chi connectivity index (χ2n) is 4.59. The zero-order valence-corrected chi connectivity index (χ0v) is 12.9. The van der Waals surface area contributed by atoms with Gasteiger partial charge in [0.25, 0.3) is 0 Å². The molecule has 0 unspecified atom stereocenters. The van der Waals surface area contributed by atoms with Gasteiger partial charge in [0.1, 0.15) is 5.75 Å². The Morgan fingerprint density at radius 1 is 1.32 bits per heavy atom. The lowest BCUT2D eigenvalue weighted by Crippen LogP contribution is -2.00. The number of hydrogen-bond donors (Lipinski definition) is 0. The molecule has 0 aliphatic heterocycles. The summed E-state index contributed by atoms with van der Waals surface area (Å²) in [6.45, 7) is 4.89. The van der Waals surface area contributed by atoms with E-state index in [0.717, 1.165) is 35.9 Å². The first-order chi connectivity index (χ1) is 9.19. The Morgan fingerprint density at radius 3 is 2.84 bits per heavy atom. The maximum absolute atomic E-state index is 5.80. The Kier molecular flexibility index (Phi) is 5.23. The van der Waals surface area contributed by atoms with Gasteiger partial charge in [-0.25, -0.2) is 4.98 Å². The Hall–Kier alpha value is -1.06. The molecular formula is C15H18ClNOS. The first-order valence-electron chi connectivity index (χ1n) is 6.38. The van der Waals surface area contributed by atoms with Crippen LogP contribution in [0.2, 0.25) is 0 Å². The van der Waals surface area contributed by atoms with E-state index in [0.29, 0.717) is 5.88 Å². The van der Waals surface area contributed by atoms with Gasteiger partial charge in [-0.3, -0.25) is 0 Å². The normalized spacial score (nSPS) is 10.7. The first-order valence-corrected chi connectivity index (χ1v) is 7.80. The lowest BCUT2D eigenvalue weighted by atomic mass is 10.1. The number of alkyl halides is 1. The maximum Gasteiger partial charge on any atom is 0.122 e. The van der Waals surface area contributed by atoms with Gasteiger partial charge in [0.2, 0.25) is 0 Å². The third kappa shape index (κ3) is 4.22. The van der Waals surface area contributed by atoms with E-state index in [1.807, 2.05) is 11.4 Å². The molecule has 0 N–H and O–H groups in total. The smallest absolute Gasteiger partial charge is 0.122 e. The van der Waals surface area contributed by atoms with Crippen LogP contribution >= 0.6 is 22.9 Å². The Balaban J connectivity index is 1.77. The molecule has 0 atom stereocenters. The summed E-state index contributed by atoms with van der Waals surface area (Å²) in [6.07, 6.45) is 1.93. The van der Waals surface area contributed by atoms with Crippen LogP contribution in [0.4, 0.5) is 0 Å². The predicted octanol–water partition coefficient (Wildman–Crippen LogP) is 4.51. The van der Waals surface area contributed by atoms with Crippen LogP contribution in [0.5, 0.6) is 5.75 Å². The van der Waals surface area contributed by atoms with Crippen molar-refractivity contribution in [3.63, 3.8) is 0 Å². The van der Waals surface area contributed by atoms with Gasteiger partial charge in [-0.05, 0) is 31.9 Å². The second-order valence-corrected chi connectivity index (χ2v) is 5.80. The summed E-state index contributed by atoms with van der Waals surface area (Å²) in [5, 5.41) is 3.16. The molecule has 19 heavy (non-hydrogen) atoms. The van der Waals surface area contributed by atoms with Gasteiger partial charge in [0.05, 0.1) is 23.2 Å². The van der Waals surface area contributed by atoms with Crippen LogP contribution < -0.4 is 4.74 Å². The number of hydrogen-bond acceptors (Lipinski definition) is 3. The zero-order valence-electron chi connectivity index (χ0n) is 11.3. The molecule has 0 bridgehead atoms. The number of nitrogens with zero attached hydrogens (tertiary/aromatic N) is 1. The fourth-order valence-corrected chi connectivity index (χ4v) is 2.96. The first kappa shape index (κ1) is 14.4. The third-order valence-corrected chi connectivity index (χ3v) is 4.09. The lowest BCUT2D eigenvalue weighted by molar-refractivity contribution is 0.309. The molecule has 0 aliphatic carbocycles. The zero-order chi connectivity index (χ0) is 13.7. The molecule has 0 amide bonds. The molecule has 1 heterocycles. The van der Waals surface area contributed by atoms with Crippen LogP contribution in [0.3, 0.4) is 0 Å². The number of rotatable bonds is 6. The summed E-state index contributed by atoms with van der Waals surface area (Å²) in [5.74, 6) is 1.47. The van der Waals surface area contributed by atoms with Gasteiger partial charge >= 0.3 is 0 Å². The van der Waals surface area contributed by atoms with Gasteiger partial charge in [-0.15, -0.1) is 22.9 Å². The molecule has 0 saturated heterocycles. The van der Waals surface area contributed by atoms with Crippen molar-refractivity contribution < 1.29 is 4.74 Å². The lowest BCUT2D eigenvalue weighted by Gasteiger charge is -2.09. The van der Waals surface area contributed by atoms with Crippen LogP contribution in [0.25, 0.3) is 0 Å². The van der Waals surface area contributed by atoms with Crippen molar-refractivity contribution in [1.82, 2.24) is 4.98 Å². The molecule has 0 spiro atoms. The monoisotopic (exact) mass is 295 g/mol. The topological polar surface area (TPSA) is 22.1 Å². The summed E-state index contributed by atoms with van der Waals surface area (Å²) in [7, 11) is 0. The van der Waals surface area contributed by atoms with Gasteiger partial charge in [-0.2, -0.15) is 0 Å². The molecular weight excluding hydrogens is 278 g/mol. The molecule has 4 heteroatoms. The molecule has 2 aromatic rings. The van der Waals surface area contributed by atoms with Gasteiger partial charge < -0.3 is 4.74 Å². The van der Waals surface area contributed by atoms with Crippen LogP contribution in [0.15, 0.2) is 23.6 Å². The Labute approximate surface area is 123 Å². The van der Waals surface area contributed by atoms with Crippen molar-refractivity contribution in [2.24, 2.45) is 0 Å². The van der Waals surface area contributed by atoms with Crippen LogP contribution in [0.1, 0.15) is 28.2 Å². The minimum Gasteiger partial charge on any atom is -0.493 e. The SMILES string of the molecule is Cc1ccc(OCCCc2nc(CCl)cs2)c(C)c1. The molecule has 2 nitrogen and oxygen atoms in total. The van der Waals surface area contributed by atoms with Crippen molar-refractivity contribution in [3.8, 4) is 5.75 Å². The molecule has 102 valence electrons. The van der Waals surface area contributed by atoms with Gasteiger partial charge in [-0.1, -0.05) is 17.7 Å². The second kappa shape index (κ2) is 6.92. The van der Waals surface area contributed by atoms with Crippen LogP contribution in [0, 0.1) is 13.8 Å². The third-order valence-electron chi connectivity index (χ3n) is 2.86. The number of halogens is 1. The molecule has 1 aromatic carbocycles. The van der Waals surface area contributed by atoms with Crippen LogP contribution in [-0.4, -0.2) is 11.6 Å². The summed E-state index contributed by atoms with van der Waals surface area (Å²) in [6, 6.07) is 6.26. The minimum atomic E-state index is 0.496. The van der Waals surface area contributed by atoms with E-state index in [2.05, 4.69) is 31.0 Å². The van der Waals surface area contributed by atoms with E-state index in [-0.39, 0.29) is 0 Å². The van der Waals surface area contributed by atoms with E-state index in [1.54, 1.807) is 11.3 Å². The van der Waals surface area contributed by atoms with E-state index in [9.17, 15) is 0 Å². The largest absolute Gasteiger partial charge is 0.493 e. The van der Waals surface area contributed by atoms with Crippen LogP contribution in [-0.2, 0) is 12.3 Å². The fraction of sp³-hybridized carbons (Fsp3) is 0.400. The van der Waals surface area contributed by atoms with E-state index in [1.165, 1.54) is 11.1 Å². The highest BCUT2D eigenvalue weighted by molar-refractivity contribution is 7.09. The van der Waals surface area contributed by atoms with Crippen molar-refractivity contribution in [1.29, 1.82) is 0 Å². The average Bonchev–Trinajstić information content (AvgIpc) is 2.84. The Morgan fingerprint density at radius 2 is 2.16 bits per heavy atom. The minimum absolute atomic E-state index is 0.496. The molecule has 0 aliphatic rings. The van der Waals surface area contributed by atoms with Crippen molar-refractivity contribution in [2.75, 3.05) is 6.61 Å². The molecule has 1 aromatic heterocycles. The van der Waals surface area contributed by atoms with E-state index < -0.39 is 0 Å². The Bertz CT molecular complexity index is 539. The average molecular weight is 296 g/mol. The maximum atomic E-state index is 5.80. The molecule has 0 radical (unpaired) electrons. The number of thiazole rings is 1. The van der Waals surface area contributed by atoms with Crippen molar-refractivity contribution in [3.05, 3.63) is 45.4 Å². The number of benzene rings is 1. The standard InChI is InChI=1S/C15H18ClNOS/c1-11-5-6-14(12(2)8-11)18-7-3-4-15-17-13(9-16)10-19-15/h5-6,8,10H,3-4,7,9H2,1-2H3. The van der Waals surface area contributed by atoms with E-state index in [4.69, 9.17) is 16.3 Å². The highest BCUT2D eigenvalue weighted by Crippen LogP contribution is 2.19. The predicted molar refractivity (Wildman–Crippen MR) is 81.4 cm³/mol. The summed E-state index contributed by atoms with van der Waals surface area (Å²) < 4.78 is 5.80. The number of aryl methyl sites for hydroxylation is 3. The summed E-state index contributed by atoms with van der Waals surface area (Å²) in [4.78, 5) is 4.43. The summed E-state index contributed by atoms with van der Waals surface area (Å²) >= 11 is 7.41. The summed E-state index contributed by atoms with van der Waals surface area (Å²) in [5.41, 5.74) is 3.43. The number of ether oxygens (including phenoxy) is 1. The van der Waals surface area contributed by atoms with Gasteiger partial charge in [0, 0.05) is 11.8 Å². The number of aromatic nitrogens is 1.